The summed E-state index contributed by atoms with van der Waals surface area (Å²) in [5, 5.41) is 3.39. The molecule has 0 aliphatic heterocycles. The van der Waals surface area contributed by atoms with Gasteiger partial charge >= 0.3 is 0 Å². The monoisotopic (exact) mass is 187 g/mol. The summed E-state index contributed by atoms with van der Waals surface area (Å²) >= 11 is 1.94. The SMILES string of the molecule is C=CCCNCCCCCSC. The quantitative estimate of drug-likeness (QED) is 0.440. The molecule has 0 saturated carbocycles. The zero-order chi connectivity index (χ0) is 9.07. The molecule has 0 heterocycles. The largest absolute Gasteiger partial charge is 0.316 e. The Balaban J connectivity index is 2.77. The normalized spacial score (nSPS) is 10.1. The highest BCUT2D eigenvalue weighted by molar-refractivity contribution is 7.98. The Bertz CT molecular complexity index is 93.8. The molecule has 0 bridgehead atoms. The van der Waals surface area contributed by atoms with Crippen molar-refractivity contribution >= 4 is 11.8 Å². The summed E-state index contributed by atoms with van der Waals surface area (Å²) in [5.41, 5.74) is 0. The molecule has 0 atom stereocenters. The maximum Gasteiger partial charge on any atom is -0.00144 e. The van der Waals surface area contributed by atoms with Crippen molar-refractivity contribution in [3.63, 3.8) is 0 Å². The molecule has 72 valence electrons. The Labute approximate surface area is 81.0 Å². The summed E-state index contributed by atoms with van der Waals surface area (Å²) in [6.45, 7) is 5.93. The van der Waals surface area contributed by atoms with Crippen molar-refractivity contribution in [1.82, 2.24) is 5.32 Å². The molecule has 0 saturated heterocycles. The molecule has 0 radical (unpaired) electrons. The molecule has 1 nitrogen and oxygen atoms in total. The summed E-state index contributed by atoms with van der Waals surface area (Å²) in [6, 6.07) is 0. The molecule has 0 amide bonds. The molecule has 0 aromatic carbocycles. The molecular formula is C10H21NS. The van der Waals surface area contributed by atoms with Gasteiger partial charge in [-0.1, -0.05) is 12.5 Å². The average molecular weight is 187 g/mol. The molecule has 0 fully saturated rings. The van der Waals surface area contributed by atoms with Crippen LogP contribution in [0.25, 0.3) is 0 Å². The zero-order valence-corrected chi connectivity index (χ0v) is 8.96. The van der Waals surface area contributed by atoms with Crippen LogP contribution in [0, 0.1) is 0 Å². The fraction of sp³-hybridized carbons (Fsp3) is 0.800. The first-order valence-corrected chi connectivity index (χ1v) is 6.11. The van der Waals surface area contributed by atoms with E-state index in [0.29, 0.717) is 0 Å². The minimum atomic E-state index is 1.09. The zero-order valence-electron chi connectivity index (χ0n) is 8.14. The molecule has 0 aliphatic carbocycles. The van der Waals surface area contributed by atoms with Crippen LogP contribution in [-0.2, 0) is 0 Å². The molecule has 0 unspecified atom stereocenters. The van der Waals surface area contributed by atoms with Crippen LogP contribution in [0.1, 0.15) is 25.7 Å². The van der Waals surface area contributed by atoms with Crippen molar-refractivity contribution in [1.29, 1.82) is 0 Å². The molecule has 0 aromatic rings. The molecule has 0 rings (SSSR count). The second-order valence-electron chi connectivity index (χ2n) is 2.88. The summed E-state index contributed by atoms with van der Waals surface area (Å²) in [5.74, 6) is 1.31. The third-order valence-corrected chi connectivity index (χ3v) is 2.42. The highest BCUT2D eigenvalue weighted by atomic mass is 32.2. The fourth-order valence-corrected chi connectivity index (χ4v) is 1.50. The molecule has 0 aromatic heterocycles. The van der Waals surface area contributed by atoms with E-state index >= 15 is 0 Å². The van der Waals surface area contributed by atoms with Crippen LogP contribution < -0.4 is 5.32 Å². The van der Waals surface area contributed by atoms with Gasteiger partial charge in [-0.25, -0.2) is 0 Å². The predicted molar refractivity (Wildman–Crippen MR) is 59.9 cm³/mol. The fourth-order valence-electron chi connectivity index (χ4n) is 1.00. The first-order valence-electron chi connectivity index (χ1n) is 4.72. The van der Waals surface area contributed by atoms with Crippen molar-refractivity contribution < 1.29 is 0 Å². The van der Waals surface area contributed by atoms with Crippen LogP contribution in [0.5, 0.6) is 0 Å². The van der Waals surface area contributed by atoms with E-state index < -0.39 is 0 Å². The van der Waals surface area contributed by atoms with Gasteiger partial charge in [0, 0.05) is 0 Å². The van der Waals surface area contributed by atoms with Crippen molar-refractivity contribution in [2.24, 2.45) is 0 Å². The minimum Gasteiger partial charge on any atom is -0.316 e. The summed E-state index contributed by atoms with van der Waals surface area (Å²) in [4.78, 5) is 0. The number of thioether (sulfide) groups is 1. The molecule has 2 heteroatoms. The van der Waals surface area contributed by atoms with Crippen LogP contribution in [0.2, 0.25) is 0 Å². The summed E-state index contributed by atoms with van der Waals surface area (Å²) < 4.78 is 0. The van der Waals surface area contributed by atoms with E-state index in [-0.39, 0.29) is 0 Å². The van der Waals surface area contributed by atoms with Crippen LogP contribution in [0.15, 0.2) is 12.7 Å². The van der Waals surface area contributed by atoms with Gasteiger partial charge < -0.3 is 5.32 Å². The van der Waals surface area contributed by atoms with Crippen molar-refractivity contribution in [2.75, 3.05) is 25.1 Å². The molecular weight excluding hydrogens is 166 g/mol. The Morgan fingerprint density at radius 2 is 2.08 bits per heavy atom. The van der Waals surface area contributed by atoms with E-state index in [1.807, 2.05) is 17.8 Å². The van der Waals surface area contributed by atoms with Gasteiger partial charge in [0.05, 0.1) is 0 Å². The molecule has 12 heavy (non-hydrogen) atoms. The maximum absolute atomic E-state index is 3.68. The predicted octanol–water partition coefficient (Wildman–Crippen LogP) is 2.69. The minimum absolute atomic E-state index is 1.09. The number of hydrogen-bond donors (Lipinski definition) is 1. The van der Waals surface area contributed by atoms with E-state index in [2.05, 4.69) is 18.2 Å². The Morgan fingerprint density at radius 3 is 2.75 bits per heavy atom. The van der Waals surface area contributed by atoms with Gasteiger partial charge in [-0.3, -0.25) is 0 Å². The van der Waals surface area contributed by atoms with Crippen LogP contribution in [-0.4, -0.2) is 25.1 Å². The first kappa shape index (κ1) is 12.0. The van der Waals surface area contributed by atoms with Crippen molar-refractivity contribution in [2.45, 2.75) is 25.7 Å². The standard InChI is InChI=1S/C10H21NS/c1-3-4-8-11-9-6-5-7-10-12-2/h3,11H,1,4-10H2,2H3. The average Bonchev–Trinajstić information content (AvgIpc) is 2.10. The van der Waals surface area contributed by atoms with Gasteiger partial charge in [0.25, 0.3) is 0 Å². The number of hydrogen-bond acceptors (Lipinski definition) is 2. The molecule has 0 aliphatic rings. The first-order chi connectivity index (χ1) is 5.91. The second-order valence-corrected chi connectivity index (χ2v) is 3.87. The smallest absolute Gasteiger partial charge is 0.00144 e. The van der Waals surface area contributed by atoms with Crippen molar-refractivity contribution in [3.8, 4) is 0 Å². The summed E-state index contributed by atoms with van der Waals surface area (Å²) in [7, 11) is 0. The van der Waals surface area contributed by atoms with Crippen LogP contribution in [0.4, 0.5) is 0 Å². The lowest BCUT2D eigenvalue weighted by Crippen LogP contribution is -2.15. The van der Waals surface area contributed by atoms with Gasteiger partial charge in [-0.15, -0.1) is 6.58 Å². The lowest BCUT2D eigenvalue weighted by Gasteiger charge is -2.01. The topological polar surface area (TPSA) is 12.0 Å². The van der Waals surface area contributed by atoms with E-state index in [1.165, 1.54) is 31.6 Å². The Hall–Kier alpha value is 0.0500. The highest BCUT2D eigenvalue weighted by Gasteiger charge is 1.88. The van der Waals surface area contributed by atoms with E-state index in [9.17, 15) is 0 Å². The van der Waals surface area contributed by atoms with Crippen LogP contribution in [0.3, 0.4) is 0 Å². The van der Waals surface area contributed by atoms with Gasteiger partial charge in [0.15, 0.2) is 0 Å². The third-order valence-electron chi connectivity index (χ3n) is 1.73. The van der Waals surface area contributed by atoms with Gasteiger partial charge in [0.2, 0.25) is 0 Å². The maximum atomic E-state index is 3.68. The van der Waals surface area contributed by atoms with Gasteiger partial charge in [-0.05, 0) is 44.4 Å². The number of rotatable bonds is 9. The lowest BCUT2D eigenvalue weighted by molar-refractivity contribution is 0.622. The second kappa shape index (κ2) is 11.1. The van der Waals surface area contributed by atoms with Gasteiger partial charge in [-0.2, -0.15) is 11.8 Å². The third kappa shape index (κ3) is 10.0. The Kier molecular flexibility index (Phi) is 11.1. The van der Waals surface area contributed by atoms with Crippen molar-refractivity contribution in [3.05, 3.63) is 12.7 Å². The highest BCUT2D eigenvalue weighted by Crippen LogP contribution is 2.00. The number of nitrogens with one attached hydrogen (secondary N) is 1. The lowest BCUT2D eigenvalue weighted by atomic mass is 10.2. The summed E-state index contributed by atoms with van der Waals surface area (Å²) in [6.07, 6.45) is 9.26. The van der Waals surface area contributed by atoms with E-state index in [1.54, 1.807) is 0 Å². The Morgan fingerprint density at radius 1 is 1.25 bits per heavy atom. The van der Waals surface area contributed by atoms with E-state index in [0.717, 1.165) is 13.0 Å². The molecule has 1 N–H and O–H groups in total. The number of unbranched alkanes of at least 4 members (excludes halogenated alkanes) is 2. The van der Waals surface area contributed by atoms with E-state index in [4.69, 9.17) is 0 Å². The van der Waals surface area contributed by atoms with Crippen LogP contribution >= 0.6 is 11.8 Å². The molecule has 0 spiro atoms. The van der Waals surface area contributed by atoms with Gasteiger partial charge in [0.1, 0.15) is 0 Å².